The van der Waals surface area contributed by atoms with E-state index in [1.54, 1.807) is 12.1 Å². The van der Waals surface area contributed by atoms with Crippen molar-refractivity contribution >= 4 is 23.2 Å². The largest absolute Gasteiger partial charge is 0.320 e. The number of hydrogen-bond acceptors (Lipinski definition) is 3. The van der Waals surface area contributed by atoms with Crippen LogP contribution in [-0.4, -0.2) is 15.7 Å². The molecule has 0 aliphatic rings. The van der Waals surface area contributed by atoms with Crippen molar-refractivity contribution in [1.29, 1.82) is 0 Å². The Bertz CT molecular complexity index is 1010. The molecule has 1 N–H and O–H groups in total. The second kappa shape index (κ2) is 7.54. The summed E-state index contributed by atoms with van der Waals surface area (Å²) in [5, 5.41) is 7.51. The molecule has 0 aliphatic carbocycles. The van der Waals surface area contributed by atoms with Gasteiger partial charge >= 0.3 is 0 Å². The molecule has 0 saturated heterocycles. The maximum absolute atomic E-state index is 12.5. The molecule has 1 aromatic heterocycles. The molecule has 26 heavy (non-hydrogen) atoms. The molecule has 0 saturated carbocycles. The van der Waals surface area contributed by atoms with E-state index in [-0.39, 0.29) is 11.3 Å². The highest BCUT2D eigenvalue weighted by Gasteiger charge is 2.12. The Hall–Kier alpha value is -2.92. The molecule has 3 aromatic rings. The van der Waals surface area contributed by atoms with Crippen LogP contribution in [-0.2, 0) is 6.54 Å². The van der Waals surface area contributed by atoms with Crippen LogP contribution in [0.1, 0.15) is 27.2 Å². The first-order valence-electron chi connectivity index (χ1n) is 8.13. The minimum Gasteiger partial charge on any atom is -0.320 e. The number of nitrogens with one attached hydrogen (secondary N) is 1. The molecule has 2 aromatic carbocycles. The predicted molar refractivity (Wildman–Crippen MR) is 103 cm³/mol. The highest BCUT2D eigenvalue weighted by Crippen LogP contribution is 2.20. The Morgan fingerprint density at radius 1 is 1.08 bits per heavy atom. The topological polar surface area (TPSA) is 64.0 Å². The summed E-state index contributed by atoms with van der Waals surface area (Å²) >= 11 is 5.98. The SMILES string of the molecule is Cc1ccc(Cn2nc(C(=O)Nc3cc(Cl)ccc3C)ccc2=O)cc1. The molecule has 6 heteroatoms. The summed E-state index contributed by atoms with van der Waals surface area (Å²) in [6, 6.07) is 15.8. The van der Waals surface area contributed by atoms with Gasteiger partial charge in [0.15, 0.2) is 0 Å². The fraction of sp³-hybridized carbons (Fsp3) is 0.150. The van der Waals surface area contributed by atoms with E-state index in [2.05, 4.69) is 10.4 Å². The zero-order valence-electron chi connectivity index (χ0n) is 14.5. The van der Waals surface area contributed by atoms with Gasteiger partial charge in [0.25, 0.3) is 11.5 Å². The quantitative estimate of drug-likeness (QED) is 0.762. The zero-order chi connectivity index (χ0) is 18.7. The molecule has 0 fully saturated rings. The number of halogens is 1. The number of carbonyl (C=O) groups excluding carboxylic acids is 1. The van der Waals surface area contributed by atoms with Crippen LogP contribution < -0.4 is 10.9 Å². The number of benzene rings is 2. The van der Waals surface area contributed by atoms with Crippen LogP contribution in [0.15, 0.2) is 59.4 Å². The molecule has 0 atom stereocenters. The lowest BCUT2D eigenvalue weighted by molar-refractivity contribution is 0.102. The summed E-state index contributed by atoms with van der Waals surface area (Å²) in [5.41, 5.74) is 3.47. The van der Waals surface area contributed by atoms with Crippen LogP contribution in [0.25, 0.3) is 0 Å². The minimum atomic E-state index is -0.395. The molecule has 0 bridgehead atoms. The number of aromatic nitrogens is 2. The molecule has 0 aliphatic heterocycles. The number of carbonyl (C=O) groups is 1. The van der Waals surface area contributed by atoms with Crippen LogP contribution in [0.2, 0.25) is 5.02 Å². The summed E-state index contributed by atoms with van der Waals surface area (Å²) in [6.45, 7) is 4.17. The van der Waals surface area contributed by atoms with Crippen LogP contribution >= 0.6 is 11.6 Å². The van der Waals surface area contributed by atoms with Gasteiger partial charge < -0.3 is 5.32 Å². The number of aryl methyl sites for hydroxylation is 2. The van der Waals surface area contributed by atoms with E-state index in [9.17, 15) is 9.59 Å². The second-order valence-corrected chi connectivity index (χ2v) is 6.55. The van der Waals surface area contributed by atoms with Gasteiger partial charge in [-0.2, -0.15) is 5.10 Å². The van der Waals surface area contributed by atoms with Gasteiger partial charge in [0, 0.05) is 16.8 Å². The number of hydrogen-bond donors (Lipinski definition) is 1. The van der Waals surface area contributed by atoms with Gasteiger partial charge in [0.2, 0.25) is 0 Å². The van der Waals surface area contributed by atoms with E-state index in [0.29, 0.717) is 17.3 Å². The van der Waals surface area contributed by atoms with E-state index in [1.165, 1.54) is 16.8 Å². The van der Waals surface area contributed by atoms with Crippen molar-refractivity contribution < 1.29 is 4.79 Å². The van der Waals surface area contributed by atoms with E-state index >= 15 is 0 Å². The molecule has 0 spiro atoms. The summed E-state index contributed by atoms with van der Waals surface area (Å²) in [5.74, 6) is -0.395. The maximum Gasteiger partial charge on any atom is 0.276 e. The van der Waals surface area contributed by atoms with Gasteiger partial charge in [0.05, 0.1) is 6.54 Å². The lowest BCUT2D eigenvalue weighted by Gasteiger charge is -2.10. The van der Waals surface area contributed by atoms with Gasteiger partial charge in [-0.1, -0.05) is 47.5 Å². The van der Waals surface area contributed by atoms with Crippen LogP contribution in [0.4, 0.5) is 5.69 Å². The summed E-state index contributed by atoms with van der Waals surface area (Å²) in [4.78, 5) is 24.6. The third-order valence-electron chi connectivity index (χ3n) is 4.00. The molecule has 1 amide bonds. The average molecular weight is 368 g/mol. The van der Waals surface area contributed by atoms with E-state index in [0.717, 1.165) is 16.7 Å². The first-order chi connectivity index (χ1) is 12.4. The molecular weight excluding hydrogens is 350 g/mol. The van der Waals surface area contributed by atoms with Crippen molar-refractivity contribution in [2.75, 3.05) is 5.32 Å². The fourth-order valence-corrected chi connectivity index (χ4v) is 2.64. The van der Waals surface area contributed by atoms with Gasteiger partial charge in [-0.3, -0.25) is 9.59 Å². The number of rotatable bonds is 4. The minimum absolute atomic E-state index is 0.163. The van der Waals surface area contributed by atoms with E-state index < -0.39 is 5.91 Å². The third-order valence-corrected chi connectivity index (χ3v) is 4.24. The van der Waals surface area contributed by atoms with Crippen molar-refractivity contribution in [1.82, 2.24) is 9.78 Å². The molecular formula is C20H18ClN3O2. The summed E-state index contributed by atoms with van der Waals surface area (Å²) in [7, 11) is 0. The smallest absolute Gasteiger partial charge is 0.276 e. The molecule has 3 rings (SSSR count). The lowest BCUT2D eigenvalue weighted by Crippen LogP contribution is -2.26. The van der Waals surface area contributed by atoms with Crippen molar-refractivity contribution in [2.45, 2.75) is 20.4 Å². The van der Waals surface area contributed by atoms with Gasteiger partial charge in [-0.05, 0) is 43.2 Å². The Morgan fingerprint density at radius 2 is 1.81 bits per heavy atom. The van der Waals surface area contributed by atoms with Crippen molar-refractivity contribution in [2.24, 2.45) is 0 Å². The molecule has 1 heterocycles. The monoisotopic (exact) mass is 367 g/mol. The average Bonchev–Trinajstić information content (AvgIpc) is 2.62. The van der Waals surface area contributed by atoms with Crippen molar-refractivity contribution in [3.63, 3.8) is 0 Å². The highest BCUT2D eigenvalue weighted by atomic mass is 35.5. The molecule has 5 nitrogen and oxygen atoms in total. The normalized spacial score (nSPS) is 10.6. The van der Waals surface area contributed by atoms with Gasteiger partial charge in [-0.15, -0.1) is 0 Å². The second-order valence-electron chi connectivity index (χ2n) is 6.11. The number of amides is 1. The lowest BCUT2D eigenvalue weighted by atomic mass is 10.1. The Balaban J connectivity index is 1.84. The van der Waals surface area contributed by atoms with Crippen LogP contribution in [0.3, 0.4) is 0 Å². The van der Waals surface area contributed by atoms with Crippen LogP contribution in [0, 0.1) is 13.8 Å². The number of nitrogens with zero attached hydrogens (tertiary/aromatic N) is 2. The fourth-order valence-electron chi connectivity index (χ4n) is 2.46. The number of anilines is 1. The molecule has 0 unspecified atom stereocenters. The van der Waals surface area contributed by atoms with Crippen molar-refractivity contribution in [3.05, 3.63) is 92.4 Å². The molecule has 0 radical (unpaired) electrons. The Labute approximate surface area is 156 Å². The Kier molecular flexibility index (Phi) is 5.19. The van der Waals surface area contributed by atoms with Crippen LogP contribution in [0.5, 0.6) is 0 Å². The van der Waals surface area contributed by atoms with E-state index in [1.807, 2.05) is 44.2 Å². The first kappa shape index (κ1) is 17.9. The van der Waals surface area contributed by atoms with Gasteiger partial charge in [-0.25, -0.2) is 4.68 Å². The standard InChI is InChI=1S/C20H18ClN3O2/c1-13-3-6-15(7-4-13)12-24-19(25)10-9-17(23-24)20(26)22-18-11-16(21)8-5-14(18)2/h3-11H,12H2,1-2H3,(H,22,26). The molecule has 132 valence electrons. The maximum atomic E-state index is 12.5. The highest BCUT2D eigenvalue weighted by molar-refractivity contribution is 6.31. The van der Waals surface area contributed by atoms with Crippen molar-refractivity contribution in [3.8, 4) is 0 Å². The zero-order valence-corrected chi connectivity index (χ0v) is 15.2. The third kappa shape index (κ3) is 4.18. The predicted octanol–water partition coefficient (Wildman–Crippen LogP) is 3.81. The Morgan fingerprint density at radius 3 is 2.54 bits per heavy atom. The summed E-state index contributed by atoms with van der Waals surface area (Å²) < 4.78 is 1.28. The summed E-state index contributed by atoms with van der Waals surface area (Å²) in [6.07, 6.45) is 0. The van der Waals surface area contributed by atoms with Gasteiger partial charge in [0.1, 0.15) is 5.69 Å². The first-order valence-corrected chi connectivity index (χ1v) is 8.51. The van der Waals surface area contributed by atoms with E-state index in [4.69, 9.17) is 11.6 Å².